The third-order valence-electron chi connectivity index (χ3n) is 13.6. The number of rotatable bonds is 5. The number of nitrogens with zero attached hydrogens (tertiary/aromatic N) is 1. The first kappa shape index (κ1) is 36.8. The first-order valence-electron chi connectivity index (χ1n) is 22.2. The highest BCUT2D eigenvalue weighted by Gasteiger charge is 2.43. The Morgan fingerprint density at radius 1 is 0.354 bits per heavy atom. The van der Waals surface area contributed by atoms with Crippen molar-refractivity contribution in [2.75, 3.05) is 4.90 Å². The van der Waals surface area contributed by atoms with Gasteiger partial charge in [0, 0.05) is 62.8 Å². The highest BCUT2D eigenvalue weighted by Crippen LogP contribution is 2.50. The lowest BCUT2D eigenvalue weighted by Gasteiger charge is -2.41. The maximum absolute atomic E-state index is 7.06. The average Bonchev–Trinajstić information content (AvgIpc) is 3.95. The molecule has 302 valence electrons. The van der Waals surface area contributed by atoms with Crippen LogP contribution in [0.2, 0.25) is 0 Å². The van der Waals surface area contributed by atoms with E-state index in [4.69, 9.17) is 4.74 Å². The average molecular weight is 862 g/mol. The highest BCUT2D eigenvalue weighted by atomic mass is 32.1. The summed E-state index contributed by atoms with van der Waals surface area (Å²) >= 11 is 3.77. The molecule has 0 fully saturated rings. The molecule has 0 atom stereocenters. The third-order valence-corrected chi connectivity index (χ3v) is 16.0. The molecular formula is C60H36BNOS2. The zero-order valence-corrected chi connectivity index (χ0v) is 36.7. The minimum absolute atomic E-state index is 0.0941. The molecule has 12 aromatic rings. The molecule has 0 saturated heterocycles. The lowest BCUT2D eigenvalue weighted by atomic mass is 9.34. The van der Waals surface area contributed by atoms with Crippen molar-refractivity contribution in [3.8, 4) is 56.0 Å². The van der Waals surface area contributed by atoms with Crippen LogP contribution in [0.5, 0.6) is 11.5 Å². The molecule has 0 spiro atoms. The van der Waals surface area contributed by atoms with Gasteiger partial charge in [0.05, 0.1) is 5.69 Å². The second-order valence-electron chi connectivity index (χ2n) is 17.1. The summed E-state index contributed by atoms with van der Waals surface area (Å²) in [6.07, 6.45) is 0. The largest absolute Gasteiger partial charge is 0.458 e. The van der Waals surface area contributed by atoms with Crippen LogP contribution < -0.4 is 26.0 Å². The van der Waals surface area contributed by atoms with Crippen LogP contribution in [0.25, 0.3) is 84.9 Å². The van der Waals surface area contributed by atoms with Crippen molar-refractivity contribution in [1.82, 2.24) is 0 Å². The Bertz CT molecular complexity index is 3830. The number of anilines is 3. The van der Waals surface area contributed by atoms with E-state index >= 15 is 0 Å². The van der Waals surface area contributed by atoms with E-state index in [1.165, 1.54) is 101 Å². The van der Waals surface area contributed by atoms with Gasteiger partial charge in [-0.15, -0.1) is 22.7 Å². The Balaban J connectivity index is 1.05. The molecule has 2 aliphatic heterocycles. The number of thiophene rings is 2. The van der Waals surface area contributed by atoms with Crippen LogP contribution in [0.3, 0.4) is 0 Å². The molecule has 2 aliphatic rings. The zero-order chi connectivity index (χ0) is 42.6. The van der Waals surface area contributed by atoms with Crippen molar-refractivity contribution in [2.24, 2.45) is 0 Å². The smallest absolute Gasteiger partial charge is 0.256 e. The Morgan fingerprint density at radius 3 is 1.49 bits per heavy atom. The minimum Gasteiger partial charge on any atom is -0.458 e. The van der Waals surface area contributed by atoms with E-state index in [0.717, 1.165) is 28.6 Å². The fourth-order valence-electron chi connectivity index (χ4n) is 10.7. The first-order chi connectivity index (χ1) is 32.2. The molecule has 0 aliphatic carbocycles. The summed E-state index contributed by atoms with van der Waals surface area (Å²) in [5.41, 5.74) is 16.6. The van der Waals surface area contributed by atoms with Gasteiger partial charge in [0.1, 0.15) is 11.5 Å². The Kier molecular flexibility index (Phi) is 8.15. The summed E-state index contributed by atoms with van der Waals surface area (Å²) in [7, 11) is 0. The van der Waals surface area contributed by atoms with Crippen molar-refractivity contribution < 1.29 is 4.74 Å². The van der Waals surface area contributed by atoms with Crippen LogP contribution in [-0.4, -0.2) is 6.71 Å². The van der Waals surface area contributed by atoms with Gasteiger partial charge in [-0.1, -0.05) is 182 Å². The summed E-state index contributed by atoms with van der Waals surface area (Å²) in [5, 5.41) is 5.22. The van der Waals surface area contributed by atoms with E-state index in [0.29, 0.717) is 0 Å². The van der Waals surface area contributed by atoms with Gasteiger partial charge in [0.15, 0.2) is 0 Å². The van der Waals surface area contributed by atoms with E-state index < -0.39 is 0 Å². The van der Waals surface area contributed by atoms with Crippen molar-refractivity contribution in [1.29, 1.82) is 0 Å². The van der Waals surface area contributed by atoms with Gasteiger partial charge in [0.25, 0.3) is 6.71 Å². The molecule has 0 unspecified atom stereocenters. The summed E-state index contributed by atoms with van der Waals surface area (Å²) in [4.78, 5) is 2.54. The molecule has 0 saturated carbocycles. The Morgan fingerprint density at radius 2 is 0.862 bits per heavy atom. The van der Waals surface area contributed by atoms with Gasteiger partial charge < -0.3 is 9.64 Å². The molecule has 2 aromatic heterocycles. The maximum Gasteiger partial charge on any atom is 0.256 e. The SMILES string of the molecule is c1ccc(-c2cccc(-c3ccccc3)c2N2c3ccc(-c4cccc5c4sc4ccccc45)cc3B3c4cc(-c5cccc6c5sc5ccccc56)ccc4Oc4cccc2c43)cc1. The van der Waals surface area contributed by atoms with Gasteiger partial charge in [-0.05, 0) is 86.2 Å². The quantitative estimate of drug-likeness (QED) is 0.160. The van der Waals surface area contributed by atoms with Gasteiger partial charge in [-0.2, -0.15) is 0 Å². The van der Waals surface area contributed by atoms with Gasteiger partial charge in [0.2, 0.25) is 0 Å². The predicted octanol–water partition coefficient (Wildman–Crippen LogP) is 15.5. The van der Waals surface area contributed by atoms with Crippen molar-refractivity contribution in [3.63, 3.8) is 0 Å². The molecule has 14 rings (SSSR count). The van der Waals surface area contributed by atoms with E-state index in [1.807, 2.05) is 22.7 Å². The topological polar surface area (TPSA) is 12.5 Å². The van der Waals surface area contributed by atoms with Crippen molar-refractivity contribution in [2.45, 2.75) is 0 Å². The standard InChI is InChI=1S/C60H36BNOS2/c1-3-15-37(16-4-1)41-21-11-22-42(38-17-5-2-6-18-38)58(41)62-51-33-31-39(43-23-12-25-47-45-19-7-9-29-55(45)64-59(43)47)35-49(51)61-50-36-40(32-34-53(50)63-54-28-14-27-52(62)57(54)61)44-24-13-26-48-46-20-8-10-30-56(46)65-60(44)48/h1-36H. The lowest BCUT2D eigenvalue weighted by molar-refractivity contribution is 0.487. The molecule has 5 heteroatoms. The minimum atomic E-state index is -0.0941. The zero-order valence-electron chi connectivity index (χ0n) is 35.0. The molecule has 2 nitrogen and oxygen atoms in total. The molecule has 0 amide bonds. The van der Waals surface area contributed by atoms with E-state index in [-0.39, 0.29) is 6.71 Å². The molecule has 10 aromatic carbocycles. The summed E-state index contributed by atoms with van der Waals surface area (Å²) in [6, 6.07) is 80.3. The van der Waals surface area contributed by atoms with E-state index in [2.05, 4.69) is 223 Å². The van der Waals surface area contributed by atoms with Crippen LogP contribution >= 0.6 is 22.7 Å². The Labute approximate surface area is 385 Å². The van der Waals surface area contributed by atoms with E-state index in [9.17, 15) is 0 Å². The second-order valence-corrected chi connectivity index (χ2v) is 19.2. The monoisotopic (exact) mass is 861 g/mol. The number of para-hydroxylation sites is 1. The number of ether oxygens (including phenoxy) is 1. The normalized spacial score (nSPS) is 12.7. The summed E-state index contributed by atoms with van der Waals surface area (Å²) in [6.45, 7) is -0.0941. The molecular weight excluding hydrogens is 826 g/mol. The number of hydrogen-bond acceptors (Lipinski definition) is 4. The lowest BCUT2D eigenvalue weighted by Crippen LogP contribution is -2.59. The number of fused-ring (bicyclic) bond motifs is 10. The summed E-state index contributed by atoms with van der Waals surface area (Å²) in [5.74, 6) is 1.79. The van der Waals surface area contributed by atoms with Crippen LogP contribution in [0, 0.1) is 0 Å². The van der Waals surface area contributed by atoms with Crippen LogP contribution in [-0.2, 0) is 0 Å². The van der Waals surface area contributed by atoms with Gasteiger partial charge in [-0.25, -0.2) is 0 Å². The van der Waals surface area contributed by atoms with Crippen LogP contribution in [0.4, 0.5) is 17.1 Å². The molecule has 4 heterocycles. The van der Waals surface area contributed by atoms with Crippen LogP contribution in [0.1, 0.15) is 0 Å². The maximum atomic E-state index is 7.06. The number of hydrogen-bond donors (Lipinski definition) is 0. The molecule has 0 N–H and O–H groups in total. The molecule has 0 bridgehead atoms. The van der Waals surface area contributed by atoms with Crippen molar-refractivity contribution in [3.05, 3.63) is 218 Å². The number of benzene rings is 10. The Hall–Kier alpha value is -7.70. The second kappa shape index (κ2) is 14.4. The summed E-state index contributed by atoms with van der Waals surface area (Å²) < 4.78 is 12.3. The first-order valence-corrected chi connectivity index (χ1v) is 23.8. The van der Waals surface area contributed by atoms with E-state index in [1.54, 1.807) is 0 Å². The van der Waals surface area contributed by atoms with Crippen LogP contribution in [0.15, 0.2) is 218 Å². The van der Waals surface area contributed by atoms with Crippen molar-refractivity contribution >= 4 is 103 Å². The molecule has 0 radical (unpaired) electrons. The highest BCUT2D eigenvalue weighted by molar-refractivity contribution is 7.26. The van der Waals surface area contributed by atoms with Gasteiger partial charge in [-0.3, -0.25) is 0 Å². The third kappa shape index (κ3) is 5.59. The fraction of sp³-hybridized carbons (Fsp3) is 0. The molecule has 65 heavy (non-hydrogen) atoms. The fourth-order valence-corrected chi connectivity index (χ4v) is 13.2. The predicted molar refractivity (Wildman–Crippen MR) is 280 cm³/mol. The van der Waals surface area contributed by atoms with Gasteiger partial charge >= 0.3 is 0 Å².